The molecule has 1 aromatic rings. The van der Waals surface area contributed by atoms with Gasteiger partial charge in [-0.3, -0.25) is 4.79 Å². The van der Waals surface area contributed by atoms with Crippen LogP contribution in [-0.2, 0) is 4.79 Å². The Hall–Kier alpha value is -1.16. The van der Waals surface area contributed by atoms with Crippen LogP contribution in [0.25, 0.3) is 0 Å². The Kier molecular flexibility index (Phi) is 3.06. The average Bonchev–Trinajstić information content (AvgIpc) is 2.15. The predicted molar refractivity (Wildman–Crippen MR) is 50.7 cm³/mol. The number of carbonyl (C=O) groups is 1. The van der Waals surface area contributed by atoms with E-state index in [1.165, 1.54) is 7.05 Å². The Morgan fingerprint density at radius 1 is 1.36 bits per heavy atom. The molecule has 0 aliphatic carbocycles. The summed E-state index contributed by atoms with van der Waals surface area (Å²) in [6.45, 7) is 0. The minimum Gasteiger partial charge on any atom is -0.309 e. The number of anilines is 1. The molecule has 5 heteroatoms. The van der Waals surface area contributed by atoms with E-state index in [1.54, 1.807) is 30.3 Å². The van der Waals surface area contributed by atoms with E-state index in [2.05, 4.69) is 11.6 Å². The topological polar surface area (TPSA) is 20.3 Å². The first-order chi connectivity index (χ1) is 6.43. The van der Waals surface area contributed by atoms with Gasteiger partial charge in [-0.25, -0.2) is 0 Å². The lowest BCUT2D eigenvalue weighted by atomic mass is 10.3. The summed E-state index contributed by atoms with van der Waals surface area (Å²) in [4.78, 5) is 11.8. The molecule has 0 radical (unpaired) electrons. The number of benzene rings is 1. The van der Waals surface area contributed by atoms with Crippen molar-refractivity contribution in [3.05, 3.63) is 30.3 Å². The Bertz CT molecular complexity index is 323. The molecule has 76 valence electrons. The van der Waals surface area contributed by atoms with Gasteiger partial charge in [-0.05, 0) is 23.7 Å². The summed E-state index contributed by atoms with van der Waals surface area (Å²) in [5.41, 5.74) is 0.373. The highest BCUT2D eigenvalue weighted by Crippen LogP contribution is 2.24. The zero-order valence-corrected chi connectivity index (χ0v) is 8.13. The van der Waals surface area contributed by atoms with Gasteiger partial charge in [0.25, 0.3) is 0 Å². The highest BCUT2D eigenvalue weighted by molar-refractivity contribution is 6.34. The zero-order valence-electron chi connectivity index (χ0n) is 7.38. The van der Waals surface area contributed by atoms with Crippen molar-refractivity contribution in [3.8, 4) is 0 Å². The third kappa shape index (κ3) is 2.42. The number of rotatable bonds is 2. The Balaban J connectivity index is 2.87. The van der Waals surface area contributed by atoms with Crippen LogP contribution in [0.5, 0.6) is 0 Å². The lowest BCUT2D eigenvalue weighted by molar-refractivity contribution is -0.132. The molecule has 0 bridgehead atoms. The SMILES string of the molecule is CN(C(=O)C(F)(F)Cl)c1ccccc1. The van der Waals surface area contributed by atoms with Crippen LogP contribution in [0.2, 0.25) is 0 Å². The van der Waals surface area contributed by atoms with Crippen molar-refractivity contribution in [1.29, 1.82) is 0 Å². The zero-order chi connectivity index (χ0) is 10.8. The van der Waals surface area contributed by atoms with Crippen LogP contribution in [0.1, 0.15) is 0 Å². The van der Waals surface area contributed by atoms with Gasteiger partial charge >= 0.3 is 11.3 Å². The smallest absolute Gasteiger partial charge is 0.309 e. The fourth-order valence-corrected chi connectivity index (χ4v) is 1.09. The third-order valence-corrected chi connectivity index (χ3v) is 1.85. The number of nitrogens with zero attached hydrogens (tertiary/aromatic N) is 1. The standard InChI is InChI=1S/C9H8ClF2NO/c1-13(8(14)9(10,11)12)7-5-3-2-4-6-7/h2-6H,1H3. The number of alkyl halides is 3. The van der Waals surface area contributed by atoms with Crippen LogP contribution >= 0.6 is 11.6 Å². The number of hydrogen-bond donors (Lipinski definition) is 0. The maximum absolute atomic E-state index is 12.4. The Labute approximate surface area is 85.1 Å². The monoisotopic (exact) mass is 219 g/mol. The number of para-hydroxylation sites is 1. The number of hydrogen-bond acceptors (Lipinski definition) is 1. The van der Waals surface area contributed by atoms with Gasteiger partial charge in [-0.15, -0.1) is 0 Å². The number of halogens is 3. The second-order valence-corrected chi connectivity index (χ2v) is 3.17. The lowest BCUT2D eigenvalue weighted by Crippen LogP contribution is -2.37. The normalized spacial score (nSPS) is 11.1. The summed E-state index contributed by atoms with van der Waals surface area (Å²) in [5, 5.41) is -3.86. The maximum Gasteiger partial charge on any atom is 0.400 e. The van der Waals surface area contributed by atoms with Crippen molar-refractivity contribution >= 4 is 23.2 Å². The van der Waals surface area contributed by atoms with Gasteiger partial charge < -0.3 is 4.90 Å². The fourth-order valence-electron chi connectivity index (χ4n) is 0.959. The van der Waals surface area contributed by atoms with Crippen molar-refractivity contribution < 1.29 is 13.6 Å². The molecule has 0 N–H and O–H groups in total. The van der Waals surface area contributed by atoms with Crippen molar-refractivity contribution in [2.45, 2.75) is 5.38 Å². The maximum atomic E-state index is 12.4. The summed E-state index contributed by atoms with van der Waals surface area (Å²) in [7, 11) is 1.24. The van der Waals surface area contributed by atoms with E-state index in [1.807, 2.05) is 0 Å². The van der Waals surface area contributed by atoms with Gasteiger partial charge in [0, 0.05) is 12.7 Å². The highest BCUT2D eigenvalue weighted by Gasteiger charge is 2.38. The molecule has 0 spiro atoms. The Morgan fingerprint density at radius 3 is 2.29 bits per heavy atom. The molecule has 0 aromatic heterocycles. The van der Waals surface area contributed by atoms with Crippen molar-refractivity contribution in [2.75, 3.05) is 11.9 Å². The van der Waals surface area contributed by atoms with Crippen LogP contribution in [-0.4, -0.2) is 18.3 Å². The van der Waals surface area contributed by atoms with Crippen LogP contribution < -0.4 is 4.90 Å². The molecule has 14 heavy (non-hydrogen) atoms. The van der Waals surface area contributed by atoms with E-state index in [-0.39, 0.29) is 0 Å². The van der Waals surface area contributed by atoms with E-state index in [4.69, 9.17) is 0 Å². The summed E-state index contributed by atoms with van der Waals surface area (Å²) < 4.78 is 24.9. The molecule has 0 heterocycles. The second-order valence-electron chi connectivity index (χ2n) is 2.70. The van der Waals surface area contributed by atoms with E-state index in [0.29, 0.717) is 5.69 Å². The van der Waals surface area contributed by atoms with Crippen LogP contribution in [0.4, 0.5) is 14.5 Å². The van der Waals surface area contributed by atoms with E-state index >= 15 is 0 Å². The van der Waals surface area contributed by atoms with Gasteiger partial charge in [0.2, 0.25) is 0 Å². The van der Waals surface area contributed by atoms with Crippen LogP contribution in [0.3, 0.4) is 0 Å². The molecule has 2 nitrogen and oxygen atoms in total. The van der Waals surface area contributed by atoms with Crippen LogP contribution in [0.15, 0.2) is 30.3 Å². The lowest BCUT2D eigenvalue weighted by Gasteiger charge is -2.19. The van der Waals surface area contributed by atoms with Gasteiger partial charge in [-0.2, -0.15) is 8.78 Å². The molecule has 0 fully saturated rings. The van der Waals surface area contributed by atoms with E-state index < -0.39 is 11.3 Å². The highest BCUT2D eigenvalue weighted by atomic mass is 35.5. The largest absolute Gasteiger partial charge is 0.400 e. The molecule has 0 saturated carbocycles. The molecular formula is C9H8ClF2NO. The molecule has 0 unspecified atom stereocenters. The summed E-state index contributed by atoms with van der Waals surface area (Å²) in [6, 6.07) is 8.10. The van der Waals surface area contributed by atoms with Gasteiger partial charge in [0.05, 0.1) is 0 Å². The van der Waals surface area contributed by atoms with E-state index in [0.717, 1.165) is 4.90 Å². The number of amides is 1. The van der Waals surface area contributed by atoms with Gasteiger partial charge in [-0.1, -0.05) is 18.2 Å². The molecule has 0 saturated heterocycles. The molecule has 0 aliphatic heterocycles. The first-order valence-corrected chi connectivity index (χ1v) is 4.20. The van der Waals surface area contributed by atoms with E-state index in [9.17, 15) is 13.6 Å². The van der Waals surface area contributed by atoms with Gasteiger partial charge in [0.1, 0.15) is 0 Å². The quantitative estimate of drug-likeness (QED) is 0.700. The minimum absolute atomic E-state index is 0.373. The van der Waals surface area contributed by atoms with Crippen molar-refractivity contribution in [1.82, 2.24) is 0 Å². The minimum atomic E-state index is -3.86. The molecule has 1 rings (SSSR count). The summed E-state index contributed by atoms with van der Waals surface area (Å²) in [6.07, 6.45) is 0. The average molecular weight is 220 g/mol. The third-order valence-electron chi connectivity index (χ3n) is 1.69. The molecule has 0 aliphatic rings. The summed E-state index contributed by atoms with van der Waals surface area (Å²) in [5.74, 6) is -1.44. The summed E-state index contributed by atoms with van der Waals surface area (Å²) >= 11 is 4.60. The predicted octanol–water partition coefficient (Wildman–Crippen LogP) is 2.48. The van der Waals surface area contributed by atoms with Crippen LogP contribution in [0, 0.1) is 0 Å². The van der Waals surface area contributed by atoms with Gasteiger partial charge in [0.15, 0.2) is 0 Å². The van der Waals surface area contributed by atoms with Crippen molar-refractivity contribution in [3.63, 3.8) is 0 Å². The molecular weight excluding hydrogens is 212 g/mol. The second kappa shape index (κ2) is 3.92. The first-order valence-electron chi connectivity index (χ1n) is 3.83. The first kappa shape index (κ1) is 10.9. The Morgan fingerprint density at radius 2 is 1.86 bits per heavy atom. The molecule has 1 aromatic carbocycles. The number of carbonyl (C=O) groups excluding carboxylic acids is 1. The molecule has 1 amide bonds. The fraction of sp³-hybridized carbons (Fsp3) is 0.222. The van der Waals surface area contributed by atoms with Crippen molar-refractivity contribution in [2.24, 2.45) is 0 Å². The molecule has 0 atom stereocenters.